The van der Waals surface area contributed by atoms with E-state index in [0.29, 0.717) is 24.2 Å². The Morgan fingerprint density at radius 3 is 2.54 bits per heavy atom. The summed E-state index contributed by atoms with van der Waals surface area (Å²) < 4.78 is 4.66. The van der Waals surface area contributed by atoms with E-state index >= 15 is 0 Å². The van der Waals surface area contributed by atoms with E-state index in [9.17, 15) is 9.59 Å². The number of benzene rings is 2. The van der Waals surface area contributed by atoms with Crippen molar-refractivity contribution in [3.05, 3.63) is 65.7 Å². The van der Waals surface area contributed by atoms with Gasteiger partial charge in [-0.25, -0.2) is 4.79 Å². The van der Waals surface area contributed by atoms with Gasteiger partial charge in [-0.05, 0) is 36.7 Å². The number of carbonyl (C=O) groups excluding carboxylic acids is 2. The van der Waals surface area contributed by atoms with Gasteiger partial charge in [0.1, 0.15) is 0 Å². The highest BCUT2D eigenvalue weighted by molar-refractivity contribution is 5.94. The van der Waals surface area contributed by atoms with Crippen LogP contribution in [0, 0.1) is 0 Å². The first-order valence-electron chi connectivity index (χ1n) is 7.92. The second kappa shape index (κ2) is 9.47. The first-order chi connectivity index (χ1) is 11.7. The highest BCUT2D eigenvalue weighted by atomic mass is 16.5. The summed E-state index contributed by atoms with van der Waals surface area (Å²) in [6.07, 6.45) is 1.31. The summed E-state index contributed by atoms with van der Waals surface area (Å²) in [5, 5.41) is 6.04. The van der Waals surface area contributed by atoms with Gasteiger partial charge in [0.15, 0.2) is 0 Å². The highest BCUT2D eigenvalue weighted by Crippen LogP contribution is 2.11. The second-order valence-electron chi connectivity index (χ2n) is 5.36. The Bertz CT molecular complexity index is 671. The zero-order chi connectivity index (χ0) is 17.2. The van der Waals surface area contributed by atoms with Crippen molar-refractivity contribution in [1.82, 2.24) is 5.32 Å². The predicted octanol–water partition coefficient (Wildman–Crippen LogP) is 2.63. The molecule has 0 aromatic heterocycles. The van der Waals surface area contributed by atoms with Gasteiger partial charge in [-0.2, -0.15) is 0 Å². The maximum atomic E-state index is 11.9. The van der Waals surface area contributed by atoms with Crippen molar-refractivity contribution >= 4 is 17.6 Å². The monoisotopic (exact) mass is 326 g/mol. The van der Waals surface area contributed by atoms with Crippen LogP contribution in [0.3, 0.4) is 0 Å². The van der Waals surface area contributed by atoms with Crippen molar-refractivity contribution in [1.29, 1.82) is 0 Å². The third-order valence-corrected chi connectivity index (χ3v) is 3.53. The van der Waals surface area contributed by atoms with Gasteiger partial charge in [0.2, 0.25) is 5.91 Å². The Labute approximate surface area is 142 Å². The van der Waals surface area contributed by atoms with Crippen molar-refractivity contribution in [2.75, 3.05) is 25.5 Å². The summed E-state index contributed by atoms with van der Waals surface area (Å²) in [5.74, 6) is -0.516. The van der Waals surface area contributed by atoms with Crippen LogP contribution >= 0.6 is 0 Å². The minimum absolute atomic E-state index is 0.0933. The molecule has 0 fully saturated rings. The number of rotatable bonds is 8. The Morgan fingerprint density at radius 1 is 1.00 bits per heavy atom. The summed E-state index contributed by atoms with van der Waals surface area (Å²) in [5.41, 5.74) is 2.28. The lowest BCUT2D eigenvalue weighted by Gasteiger charge is -2.08. The summed E-state index contributed by atoms with van der Waals surface area (Å²) >= 11 is 0. The van der Waals surface area contributed by atoms with E-state index < -0.39 is 5.97 Å². The van der Waals surface area contributed by atoms with Gasteiger partial charge in [0.25, 0.3) is 0 Å². The molecule has 0 spiro atoms. The van der Waals surface area contributed by atoms with Gasteiger partial charge in [-0.3, -0.25) is 4.79 Å². The molecule has 0 heterocycles. The van der Waals surface area contributed by atoms with Crippen molar-refractivity contribution in [3.8, 4) is 0 Å². The van der Waals surface area contributed by atoms with E-state index in [0.717, 1.165) is 13.0 Å². The molecular formula is C19H22N2O3. The van der Waals surface area contributed by atoms with Gasteiger partial charge in [0.05, 0.1) is 12.7 Å². The fourth-order valence-electron chi connectivity index (χ4n) is 2.27. The van der Waals surface area contributed by atoms with Crippen molar-refractivity contribution in [2.24, 2.45) is 0 Å². The number of amides is 1. The van der Waals surface area contributed by atoms with Crippen LogP contribution in [0.25, 0.3) is 0 Å². The summed E-state index contributed by atoms with van der Waals surface area (Å²) in [4.78, 5) is 23.4. The largest absolute Gasteiger partial charge is 0.465 e. The minimum atomic E-state index is -0.423. The highest BCUT2D eigenvalue weighted by Gasteiger charge is 2.07. The SMILES string of the molecule is COC(=O)c1cccc(NC(=O)CCNCCc2ccccc2)c1. The maximum absolute atomic E-state index is 11.9. The number of esters is 1. The molecule has 0 atom stereocenters. The average molecular weight is 326 g/mol. The minimum Gasteiger partial charge on any atom is -0.465 e. The van der Waals surface area contributed by atoms with E-state index in [1.165, 1.54) is 12.7 Å². The van der Waals surface area contributed by atoms with Gasteiger partial charge < -0.3 is 15.4 Å². The number of hydrogen-bond donors (Lipinski definition) is 2. The van der Waals surface area contributed by atoms with Crippen molar-refractivity contribution < 1.29 is 14.3 Å². The smallest absolute Gasteiger partial charge is 0.337 e. The van der Waals surface area contributed by atoms with E-state index in [1.54, 1.807) is 24.3 Å². The van der Waals surface area contributed by atoms with E-state index in [4.69, 9.17) is 0 Å². The quantitative estimate of drug-likeness (QED) is 0.578. The fraction of sp³-hybridized carbons (Fsp3) is 0.263. The Morgan fingerprint density at radius 2 is 1.79 bits per heavy atom. The van der Waals surface area contributed by atoms with Crippen LogP contribution in [-0.4, -0.2) is 32.1 Å². The molecule has 0 radical (unpaired) electrons. The second-order valence-corrected chi connectivity index (χ2v) is 5.36. The number of methoxy groups -OCH3 is 1. The van der Waals surface area contributed by atoms with Gasteiger partial charge >= 0.3 is 5.97 Å². The van der Waals surface area contributed by atoms with Gasteiger partial charge in [-0.1, -0.05) is 36.4 Å². The Kier molecular flexibility index (Phi) is 6.98. The fourth-order valence-corrected chi connectivity index (χ4v) is 2.27. The molecule has 0 saturated carbocycles. The number of carbonyl (C=O) groups is 2. The van der Waals surface area contributed by atoms with Crippen LogP contribution < -0.4 is 10.6 Å². The third-order valence-electron chi connectivity index (χ3n) is 3.53. The first-order valence-corrected chi connectivity index (χ1v) is 7.92. The molecule has 1 amide bonds. The zero-order valence-corrected chi connectivity index (χ0v) is 13.7. The molecule has 2 N–H and O–H groups in total. The molecule has 2 aromatic rings. The summed E-state index contributed by atoms with van der Waals surface area (Å²) in [7, 11) is 1.33. The Hall–Kier alpha value is -2.66. The zero-order valence-electron chi connectivity index (χ0n) is 13.7. The molecule has 0 unspecified atom stereocenters. The van der Waals surface area contributed by atoms with Crippen molar-refractivity contribution in [2.45, 2.75) is 12.8 Å². The molecule has 0 aliphatic rings. The topological polar surface area (TPSA) is 67.4 Å². The molecular weight excluding hydrogens is 304 g/mol. The van der Waals surface area contributed by atoms with E-state index in [1.807, 2.05) is 18.2 Å². The van der Waals surface area contributed by atoms with E-state index in [2.05, 4.69) is 27.5 Å². The van der Waals surface area contributed by atoms with Crippen LogP contribution in [-0.2, 0) is 16.0 Å². The van der Waals surface area contributed by atoms with Crippen LogP contribution in [0.15, 0.2) is 54.6 Å². The maximum Gasteiger partial charge on any atom is 0.337 e. The lowest BCUT2D eigenvalue weighted by atomic mass is 10.1. The van der Waals surface area contributed by atoms with Crippen LogP contribution in [0.4, 0.5) is 5.69 Å². The van der Waals surface area contributed by atoms with E-state index in [-0.39, 0.29) is 5.91 Å². The molecule has 0 aliphatic heterocycles. The number of anilines is 1. The lowest BCUT2D eigenvalue weighted by molar-refractivity contribution is -0.116. The molecule has 2 rings (SSSR count). The molecule has 5 nitrogen and oxygen atoms in total. The van der Waals surface area contributed by atoms with Crippen LogP contribution in [0.1, 0.15) is 22.3 Å². The van der Waals surface area contributed by atoms with Crippen LogP contribution in [0.2, 0.25) is 0 Å². The molecule has 0 aliphatic carbocycles. The Balaban J connectivity index is 1.69. The average Bonchev–Trinajstić information content (AvgIpc) is 2.62. The van der Waals surface area contributed by atoms with Gasteiger partial charge in [0, 0.05) is 18.7 Å². The van der Waals surface area contributed by atoms with Crippen LogP contribution in [0.5, 0.6) is 0 Å². The number of nitrogens with one attached hydrogen (secondary N) is 2. The van der Waals surface area contributed by atoms with Gasteiger partial charge in [-0.15, -0.1) is 0 Å². The standard InChI is InChI=1S/C19H22N2O3/c1-24-19(23)16-8-5-9-17(14-16)21-18(22)11-13-20-12-10-15-6-3-2-4-7-15/h2-9,14,20H,10-13H2,1H3,(H,21,22). The predicted molar refractivity (Wildman–Crippen MR) is 94.0 cm³/mol. The molecule has 0 saturated heterocycles. The molecule has 24 heavy (non-hydrogen) atoms. The molecule has 0 bridgehead atoms. The van der Waals surface area contributed by atoms with Crippen molar-refractivity contribution in [3.63, 3.8) is 0 Å². The molecule has 5 heteroatoms. The lowest BCUT2D eigenvalue weighted by Crippen LogP contribution is -2.23. The summed E-state index contributed by atoms with van der Waals surface area (Å²) in [6.45, 7) is 1.43. The number of ether oxygens (including phenoxy) is 1. The molecule has 2 aromatic carbocycles. The number of hydrogen-bond acceptors (Lipinski definition) is 4. The first kappa shape index (κ1) is 17.7. The summed E-state index contributed by atoms with van der Waals surface area (Å²) in [6, 6.07) is 16.9. The molecule has 126 valence electrons. The normalized spacial score (nSPS) is 10.2. The third kappa shape index (κ3) is 5.85.